The van der Waals surface area contributed by atoms with Crippen molar-refractivity contribution in [1.82, 2.24) is 9.78 Å². The van der Waals surface area contributed by atoms with Gasteiger partial charge in [0.15, 0.2) is 10.7 Å². The molecule has 3 N–H and O–H groups in total. The van der Waals surface area contributed by atoms with E-state index >= 15 is 0 Å². The van der Waals surface area contributed by atoms with Crippen LogP contribution < -0.4 is 10.5 Å². The summed E-state index contributed by atoms with van der Waals surface area (Å²) in [5.74, 6) is -0.0383. The number of nitrogens with one attached hydrogen (secondary N) is 1. The highest BCUT2D eigenvalue weighted by Crippen LogP contribution is 2.24. The van der Waals surface area contributed by atoms with Crippen LogP contribution in [0.3, 0.4) is 0 Å². The molecule has 0 atom stereocenters. The lowest BCUT2D eigenvalue weighted by Crippen LogP contribution is -2.15. The molecular weight excluding hydrogens is 290 g/mol. The molecule has 110 valence electrons. The number of nitrogen functional groups attached to an aromatic ring is 1. The molecular formula is C13H15N5O2S. The summed E-state index contributed by atoms with van der Waals surface area (Å²) >= 11 is 0. The molecule has 0 aliphatic heterocycles. The van der Waals surface area contributed by atoms with Crippen molar-refractivity contribution < 1.29 is 8.42 Å². The van der Waals surface area contributed by atoms with Gasteiger partial charge in [-0.3, -0.25) is 9.40 Å². The molecule has 1 aromatic carbocycles. The van der Waals surface area contributed by atoms with E-state index < -0.39 is 10.0 Å². The second-order valence-corrected chi connectivity index (χ2v) is 6.18. The average molecular weight is 305 g/mol. The molecule has 0 saturated heterocycles. The van der Waals surface area contributed by atoms with Gasteiger partial charge in [-0.25, -0.2) is 8.42 Å². The predicted molar refractivity (Wildman–Crippen MR) is 78.9 cm³/mol. The highest BCUT2D eigenvalue weighted by molar-refractivity contribution is 7.93. The van der Waals surface area contributed by atoms with Gasteiger partial charge in [-0.2, -0.15) is 10.4 Å². The van der Waals surface area contributed by atoms with Crippen LogP contribution in [0.25, 0.3) is 0 Å². The fraction of sp³-hybridized carbons (Fsp3) is 0.231. The van der Waals surface area contributed by atoms with Gasteiger partial charge in [0.25, 0.3) is 10.0 Å². The van der Waals surface area contributed by atoms with Gasteiger partial charge in [0.1, 0.15) is 0 Å². The molecule has 21 heavy (non-hydrogen) atoms. The fourth-order valence-corrected chi connectivity index (χ4v) is 3.32. The van der Waals surface area contributed by atoms with Crippen molar-refractivity contribution in [2.24, 2.45) is 7.05 Å². The summed E-state index contributed by atoms with van der Waals surface area (Å²) in [7, 11) is -2.18. The number of sulfonamides is 1. The summed E-state index contributed by atoms with van der Waals surface area (Å²) in [6.07, 6.45) is 0.279. The number of hydrogen-bond donors (Lipinski definition) is 2. The monoisotopic (exact) mass is 305 g/mol. The van der Waals surface area contributed by atoms with Crippen LogP contribution in [0.15, 0.2) is 29.2 Å². The third-order valence-electron chi connectivity index (χ3n) is 3.06. The zero-order valence-corrected chi connectivity index (χ0v) is 12.5. The molecule has 8 heteroatoms. The molecule has 0 spiro atoms. The number of nitrogens with two attached hydrogens (primary N) is 1. The van der Waals surface area contributed by atoms with E-state index in [1.54, 1.807) is 38.2 Å². The smallest absolute Gasteiger partial charge is 0.267 e. The first-order valence-electron chi connectivity index (χ1n) is 6.13. The van der Waals surface area contributed by atoms with E-state index in [4.69, 9.17) is 11.0 Å². The maximum Gasteiger partial charge on any atom is 0.267 e. The van der Waals surface area contributed by atoms with E-state index in [0.29, 0.717) is 11.4 Å². The van der Waals surface area contributed by atoms with Crippen molar-refractivity contribution >= 4 is 21.5 Å². The Balaban J connectivity index is 2.31. The maximum atomic E-state index is 12.4. The molecule has 0 amide bonds. The number of aromatic nitrogens is 2. The van der Waals surface area contributed by atoms with E-state index in [1.165, 1.54) is 4.68 Å². The second-order valence-electron chi connectivity index (χ2n) is 4.56. The Morgan fingerprint density at radius 2 is 2.00 bits per heavy atom. The Morgan fingerprint density at radius 3 is 2.48 bits per heavy atom. The summed E-state index contributed by atoms with van der Waals surface area (Å²) in [5, 5.41) is 12.5. The molecule has 7 nitrogen and oxygen atoms in total. The van der Waals surface area contributed by atoms with Gasteiger partial charge in [-0.15, -0.1) is 0 Å². The first kappa shape index (κ1) is 14.9. The van der Waals surface area contributed by atoms with E-state index in [2.05, 4.69) is 9.82 Å². The maximum absolute atomic E-state index is 12.4. The lowest BCUT2D eigenvalue weighted by Gasteiger charge is -2.08. The fourth-order valence-electron chi connectivity index (χ4n) is 1.93. The van der Waals surface area contributed by atoms with Crippen LogP contribution >= 0.6 is 0 Å². The van der Waals surface area contributed by atoms with E-state index in [9.17, 15) is 8.42 Å². The van der Waals surface area contributed by atoms with Crippen molar-refractivity contribution in [2.75, 3.05) is 10.5 Å². The molecule has 2 rings (SSSR count). The van der Waals surface area contributed by atoms with Crippen LogP contribution in [0.4, 0.5) is 11.5 Å². The number of aryl methyl sites for hydroxylation is 1. The molecule has 0 radical (unpaired) electrons. The number of nitrogens with zero attached hydrogens (tertiary/aromatic N) is 3. The minimum atomic E-state index is -3.80. The summed E-state index contributed by atoms with van der Waals surface area (Å²) < 4.78 is 28.6. The third-order valence-corrected chi connectivity index (χ3v) is 4.61. The first-order chi connectivity index (χ1) is 9.85. The van der Waals surface area contributed by atoms with E-state index in [1.807, 2.05) is 6.07 Å². The lowest BCUT2D eigenvalue weighted by atomic mass is 10.1. The third kappa shape index (κ3) is 2.98. The van der Waals surface area contributed by atoms with Gasteiger partial charge in [0.05, 0.1) is 18.2 Å². The van der Waals surface area contributed by atoms with Gasteiger partial charge in [0.2, 0.25) is 0 Å². The van der Waals surface area contributed by atoms with Crippen LogP contribution in [0.5, 0.6) is 0 Å². The van der Waals surface area contributed by atoms with Crippen LogP contribution in [0.2, 0.25) is 0 Å². The molecule has 0 fully saturated rings. The van der Waals surface area contributed by atoms with Crippen molar-refractivity contribution in [3.63, 3.8) is 0 Å². The minimum absolute atomic E-state index is 0.0221. The quantitative estimate of drug-likeness (QED) is 0.880. The average Bonchev–Trinajstić information content (AvgIpc) is 2.66. The normalized spacial score (nSPS) is 11.1. The molecule has 0 aliphatic rings. The minimum Gasteiger partial charge on any atom is -0.381 e. The zero-order chi connectivity index (χ0) is 15.6. The predicted octanol–water partition coefficient (Wildman–Crippen LogP) is 1.18. The Kier molecular flexibility index (Phi) is 3.86. The molecule has 1 aromatic heterocycles. The Bertz CT molecular complexity index is 800. The van der Waals surface area contributed by atoms with Crippen LogP contribution in [0.1, 0.15) is 11.3 Å². The highest BCUT2D eigenvalue weighted by atomic mass is 32.2. The van der Waals surface area contributed by atoms with Gasteiger partial charge < -0.3 is 5.73 Å². The number of hydrogen-bond acceptors (Lipinski definition) is 5. The lowest BCUT2D eigenvalue weighted by molar-refractivity contribution is 0.600. The molecule has 1 heterocycles. The molecule has 0 bridgehead atoms. The Morgan fingerprint density at radius 1 is 1.38 bits per heavy atom. The SMILES string of the molecule is Cc1c(S(=O)(=O)Nc2ccc(CC#N)cc2)c(N)nn1C. The van der Waals surface area contributed by atoms with Crippen molar-refractivity contribution in [3.05, 3.63) is 35.5 Å². The number of nitriles is 1. The summed E-state index contributed by atoms with van der Waals surface area (Å²) in [5.41, 5.74) is 7.34. The zero-order valence-electron chi connectivity index (χ0n) is 11.7. The van der Waals surface area contributed by atoms with E-state index in [-0.39, 0.29) is 17.1 Å². The van der Waals surface area contributed by atoms with Crippen LogP contribution in [-0.2, 0) is 23.5 Å². The topological polar surface area (TPSA) is 114 Å². The largest absolute Gasteiger partial charge is 0.381 e. The second kappa shape index (κ2) is 5.46. The van der Waals surface area contributed by atoms with Gasteiger partial charge >= 0.3 is 0 Å². The van der Waals surface area contributed by atoms with Gasteiger partial charge in [0, 0.05) is 12.7 Å². The molecule has 2 aromatic rings. The van der Waals surface area contributed by atoms with Crippen LogP contribution in [0, 0.1) is 18.3 Å². The van der Waals surface area contributed by atoms with Gasteiger partial charge in [-0.05, 0) is 24.6 Å². The number of benzene rings is 1. The standard InChI is InChI=1S/C13H15N5O2S/c1-9-12(13(15)16-18(9)2)21(19,20)17-11-5-3-10(4-6-11)7-8-14/h3-6,17H,7H2,1-2H3,(H2,15,16). The van der Waals surface area contributed by atoms with Crippen molar-refractivity contribution in [2.45, 2.75) is 18.2 Å². The number of anilines is 2. The molecule has 0 saturated carbocycles. The summed E-state index contributed by atoms with van der Waals surface area (Å²) in [6.45, 7) is 1.63. The van der Waals surface area contributed by atoms with Crippen LogP contribution in [-0.4, -0.2) is 18.2 Å². The first-order valence-corrected chi connectivity index (χ1v) is 7.61. The van der Waals surface area contributed by atoms with Crippen molar-refractivity contribution in [3.8, 4) is 6.07 Å². The van der Waals surface area contributed by atoms with Crippen molar-refractivity contribution in [1.29, 1.82) is 5.26 Å². The highest BCUT2D eigenvalue weighted by Gasteiger charge is 2.24. The summed E-state index contributed by atoms with van der Waals surface area (Å²) in [4.78, 5) is -0.0221. The van der Waals surface area contributed by atoms with Gasteiger partial charge in [-0.1, -0.05) is 12.1 Å². The van der Waals surface area contributed by atoms with E-state index in [0.717, 1.165) is 5.56 Å². The molecule has 0 unspecified atom stereocenters. The Hall–Kier alpha value is -2.53. The number of rotatable bonds is 4. The summed E-state index contributed by atoms with van der Waals surface area (Å²) in [6, 6.07) is 8.63. The Labute approximate surface area is 123 Å². The molecule has 0 aliphatic carbocycles.